The fraction of sp³-hybridized carbons (Fsp3) is 1.00. The van der Waals surface area contributed by atoms with Crippen molar-refractivity contribution in [3.8, 4) is 0 Å². The second-order valence-electron chi connectivity index (χ2n) is 4.24. The van der Waals surface area contributed by atoms with E-state index in [2.05, 4.69) is 0 Å². The second-order valence-corrected chi connectivity index (χ2v) is 4.24. The van der Waals surface area contributed by atoms with Gasteiger partial charge in [-0.25, -0.2) is 4.90 Å². The van der Waals surface area contributed by atoms with Gasteiger partial charge in [0.25, 0.3) is 5.91 Å². The maximum Gasteiger partial charge on any atom is 0.260 e. The van der Waals surface area contributed by atoms with Crippen molar-refractivity contribution in [2.45, 2.75) is 17.2 Å². The lowest BCUT2D eigenvalue weighted by Gasteiger charge is -2.28. The molecule has 0 aromatic rings. The van der Waals surface area contributed by atoms with Crippen LogP contribution >= 0.6 is 0 Å². The molecule has 0 aromatic carbocycles. The SMILES string of the molecule is OCC12COCN1C1(CO1)OC21CO1. The number of ether oxygens (including phenoxy) is 4. The van der Waals surface area contributed by atoms with Crippen LogP contribution in [0.25, 0.3) is 0 Å². The largest absolute Gasteiger partial charge is 0.394 e. The molecule has 3 atom stereocenters. The summed E-state index contributed by atoms with van der Waals surface area (Å²) < 4.78 is 21.8. The van der Waals surface area contributed by atoms with Gasteiger partial charge in [-0.2, -0.15) is 0 Å². The summed E-state index contributed by atoms with van der Waals surface area (Å²) in [6.45, 7) is 1.89. The molecule has 4 fully saturated rings. The highest BCUT2D eigenvalue weighted by molar-refractivity contribution is 5.19. The second kappa shape index (κ2) is 1.99. The summed E-state index contributed by atoms with van der Waals surface area (Å²) >= 11 is 0. The van der Waals surface area contributed by atoms with E-state index in [1.165, 1.54) is 0 Å². The first-order valence-electron chi connectivity index (χ1n) is 4.72. The minimum atomic E-state index is -0.686. The predicted molar refractivity (Wildman–Crippen MR) is 40.9 cm³/mol. The molecule has 1 N–H and O–H groups in total. The van der Waals surface area contributed by atoms with Gasteiger partial charge in [0.1, 0.15) is 25.5 Å². The Balaban J connectivity index is 1.84. The van der Waals surface area contributed by atoms with Crippen molar-refractivity contribution < 1.29 is 24.1 Å². The lowest BCUT2D eigenvalue weighted by atomic mass is 9.95. The Bertz CT molecular complexity index is 300. The van der Waals surface area contributed by atoms with Crippen LogP contribution in [0, 0.1) is 0 Å². The molecule has 0 aromatic heterocycles. The van der Waals surface area contributed by atoms with Crippen molar-refractivity contribution in [1.29, 1.82) is 0 Å². The number of aliphatic hydroxyl groups is 1. The zero-order valence-electron chi connectivity index (χ0n) is 7.56. The van der Waals surface area contributed by atoms with Crippen molar-refractivity contribution >= 4 is 0 Å². The number of hydrogen-bond acceptors (Lipinski definition) is 6. The minimum Gasteiger partial charge on any atom is -0.394 e. The normalized spacial score (nSPS) is 59.8. The van der Waals surface area contributed by atoms with Crippen LogP contribution in [-0.2, 0) is 18.9 Å². The summed E-state index contributed by atoms with van der Waals surface area (Å²) in [6.07, 6.45) is 0. The van der Waals surface area contributed by atoms with Gasteiger partial charge in [-0.05, 0) is 0 Å². The van der Waals surface area contributed by atoms with Crippen LogP contribution in [0.5, 0.6) is 0 Å². The topological polar surface area (TPSA) is 67.0 Å². The van der Waals surface area contributed by atoms with Crippen LogP contribution in [0.2, 0.25) is 0 Å². The summed E-state index contributed by atoms with van der Waals surface area (Å²) in [4.78, 5) is 1.94. The number of fused-ring (bicyclic) bond motifs is 3. The molecule has 4 saturated heterocycles. The molecule has 0 aliphatic carbocycles. The third-order valence-electron chi connectivity index (χ3n) is 3.58. The third kappa shape index (κ3) is 0.623. The smallest absolute Gasteiger partial charge is 0.260 e. The highest BCUT2D eigenvalue weighted by Crippen LogP contribution is 2.60. The van der Waals surface area contributed by atoms with Crippen molar-refractivity contribution in [3.05, 3.63) is 0 Å². The minimum absolute atomic E-state index is 0.0297. The first-order chi connectivity index (χ1) is 6.77. The lowest BCUT2D eigenvalue weighted by Crippen LogP contribution is -2.55. The first kappa shape index (κ1) is 7.98. The molecule has 4 aliphatic heterocycles. The van der Waals surface area contributed by atoms with E-state index in [4.69, 9.17) is 18.9 Å². The van der Waals surface area contributed by atoms with Crippen molar-refractivity contribution in [1.82, 2.24) is 4.90 Å². The van der Waals surface area contributed by atoms with E-state index in [0.29, 0.717) is 26.6 Å². The Kier molecular flexibility index (Phi) is 1.14. The molecule has 14 heavy (non-hydrogen) atoms. The lowest BCUT2D eigenvalue weighted by molar-refractivity contribution is -0.149. The molecule has 6 nitrogen and oxygen atoms in total. The molecule has 4 aliphatic rings. The number of aliphatic hydroxyl groups excluding tert-OH is 1. The Morgan fingerprint density at radius 3 is 2.57 bits per heavy atom. The Labute approximate surface area is 80.3 Å². The molecular formula is C8H11NO5. The summed E-state index contributed by atoms with van der Waals surface area (Å²) in [5, 5.41) is 9.53. The molecule has 4 rings (SSSR count). The van der Waals surface area contributed by atoms with Crippen LogP contribution in [-0.4, -0.2) is 60.4 Å². The van der Waals surface area contributed by atoms with Crippen molar-refractivity contribution in [2.75, 3.05) is 33.2 Å². The average Bonchev–Trinajstić information content (AvgIpc) is 3.07. The van der Waals surface area contributed by atoms with E-state index in [-0.39, 0.29) is 6.61 Å². The van der Waals surface area contributed by atoms with Gasteiger partial charge in [0.15, 0.2) is 0 Å². The first-order valence-corrected chi connectivity index (χ1v) is 4.72. The molecule has 0 bridgehead atoms. The molecule has 0 saturated carbocycles. The summed E-state index contributed by atoms with van der Waals surface area (Å²) in [5.41, 5.74) is -0.552. The van der Waals surface area contributed by atoms with Gasteiger partial charge in [-0.1, -0.05) is 0 Å². The Morgan fingerprint density at radius 1 is 1.21 bits per heavy atom. The van der Waals surface area contributed by atoms with E-state index in [9.17, 15) is 5.11 Å². The van der Waals surface area contributed by atoms with Crippen LogP contribution < -0.4 is 0 Å². The fourth-order valence-electron chi connectivity index (χ4n) is 2.58. The van der Waals surface area contributed by atoms with Gasteiger partial charge in [0.05, 0.1) is 13.2 Å². The van der Waals surface area contributed by atoms with E-state index >= 15 is 0 Å². The molecule has 0 amide bonds. The maximum atomic E-state index is 9.53. The average molecular weight is 201 g/mol. The zero-order chi connectivity index (χ0) is 9.44. The molecule has 78 valence electrons. The van der Waals surface area contributed by atoms with E-state index < -0.39 is 17.2 Å². The molecule has 6 heteroatoms. The molecular weight excluding hydrogens is 190 g/mol. The predicted octanol–water partition coefficient (Wildman–Crippen LogP) is -1.55. The molecule has 4 heterocycles. The highest BCUT2D eigenvalue weighted by atomic mass is 16.9. The summed E-state index contributed by atoms with van der Waals surface area (Å²) in [7, 11) is 0. The number of rotatable bonds is 1. The van der Waals surface area contributed by atoms with Gasteiger partial charge in [0.2, 0.25) is 5.79 Å². The molecule has 2 spiro atoms. The zero-order valence-corrected chi connectivity index (χ0v) is 7.56. The van der Waals surface area contributed by atoms with Crippen molar-refractivity contribution in [2.24, 2.45) is 0 Å². The summed E-state index contributed by atoms with van der Waals surface area (Å²) in [6, 6.07) is 0. The van der Waals surface area contributed by atoms with E-state index in [0.717, 1.165) is 0 Å². The van der Waals surface area contributed by atoms with Gasteiger partial charge >= 0.3 is 0 Å². The van der Waals surface area contributed by atoms with E-state index in [1.54, 1.807) is 0 Å². The number of hydrogen-bond donors (Lipinski definition) is 1. The Morgan fingerprint density at radius 2 is 2.00 bits per heavy atom. The maximum absolute atomic E-state index is 9.53. The quantitative estimate of drug-likeness (QED) is 0.518. The number of epoxide rings is 2. The van der Waals surface area contributed by atoms with Crippen LogP contribution in [0.1, 0.15) is 0 Å². The highest BCUT2D eigenvalue weighted by Gasteiger charge is 2.82. The standard InChI is InChI=1S/C8H11NO5/c10-1-6-2-11-5-9(6)8(4-13-8)14-7(6)3-12-7/h10H,1-5H2. The fourth-order valence-corrected chi connectivity index (χ4v) is 2.58. The van der Waals surface area contributed by atoms with Gasteiger partial charge in [-0.15, -0.1) is 0 Å². The molecule has 3 unspecified atom stereocenters. The third-order valence-corrected chi connectivity index (χ3v) is 3.58. The van der Waals surface area contributed by atoms with Crippen LogP contribution in [0.15, 0.2) is 0 Å². The van der Waals surface area contributed by atoms with Crippen molar-refractivity contribution in [3.63, 3.8) is 0 Å². The van der Waals surface area contributed by atoms with Crippen LogP contribution in [0.3, 0.4) is 0 Å². The monoisotopic (exact) mass is 201 g/mol. The number of nitrogens with zero attached hydrogens (tertiary/aromatic N) is 1. The van der Waals surface area contributed by atoms with Gasteiger partial charge in [-0.3, -0.25) is 4.74 Å². The Hall–Kier alpha value is -0.240. The van der Waals surface area contributed by atoms with E-state index in [1.807, 2.05) is 4.90 Å². The van der Waals surface area contributed by atoms with Gasteiger partial charge < -0.3 is 19.3 Å². The van der Waals surface area contributed by atoms with Gasteiger partial charge in [0, 0.05) is 0 Å². The molecule has 0 radical (unpaired) electrons. The van der Waals surface area contributed by atoms with Crippen LogP contribution in [0.4, 0.5) is 0 Å². The summed E-state index contributed by atoms with van der Waals surface area (Å²) in [5.74, 6) is -1.36.